The van der Waals surface area contributed by atoms with Gasteiger partial charge in [0.15, 0.2) is 0 Å². The Hall–Kier alpha value is -0.710. The number of hydrogen-bond donors (Lipinski definition) is 3. The predicted octanol–water partition coefficient (Wildman–Crippen LogP) is -0.0545. The minimum Gasteiger partial charge on any atom is -0.351 e. The zero-order valence-electron chi connectivity index (χ0n) is 8.41. The molecule has 0 radical (unpaired) electrons. The van der Waals surface area contributed by atoms with Crippen molar-refractivity contribution < 1.29 is 9.59 Å². The van der Waals surface area contributed by atoms with Gasteiger partial charge in [-0.15, -0.1) is 0 Å². The number of carbonyl (C=O) groups is 2. The molecule has 2 N–H and O–H groups in total. The first-order valence-corrected chi connectivity index (χ1v) is 5.36. The highest BCUT2D eigenvalue weighted by molar-refractivity contribution is 7.80. The highest BCUT2D eigenvalue weighted by Crippen LogP contribution is 2.28. The summed E-state index contributed by atoms with van der Waals surface area (Å²) < 4.78 is 0. The number of hydrogen-bond acceptors (Lipinski definition) is 3. The van der Waals surface area contributed by atoms with Crippen molar-refractivity contribution in [3.8, 4) is 0 Å². The second-order valence-corrected chi connectivity index (χ2v) is 4.13. The zero-order valence-corrected chi connectivity index (χ0v) is 9.30. The van der Waals surface area contributed by atoms with E-state index in [0.29, 0.717) is 17.7 Å². The lowest BCUT2D eigenvalue weighted by Crippen LogP contribution is -2.48. The third-order valence-corrected chi connectivity index (χ3v) is 2.68. The molecule has 1 fully saturated rings. The Balaban J connectivity index is 2.35. The van der Waals surface area contributed by atoms with Crippen molar-refractivity contribution in [2.45, 2.75) is 32.4 Å². The number of amides is 2. The molecule has 0 aromatic carbocycles. The summed E-state index contributed by atoms with van der Waals surface area (Å²) in [7, 11) is 0. The Morgan fingerprint density at radius 2 is 2.14 bits per heavy atom. The molecular formula is C9H16N2O2S. The maximum absolute atomic E-state index is 11.5. The van der Waals surface area contributed by atoms with Gasteiger partial charge in [-0.25, -0.2) is 0 Å². The van der Waals surface area contributed by atoms with Crippen LogP contribution in [0.5, 0.6) is 0 Å². The van der Waals surface area contributed by atoms with Gasteiger partial charge >= 0.3 is 0 Å². The summed E-state index contributed by atoms with van der Waals surface area (Å²) in [5.41, 5.74) is 0. The largest absolute Gasteiger partial charge is 0.351 e. The SMILES string of the molecule is CC(=O)NC(CS)C(=O)NC1CC1C. The van der Waals surface area contributed by atoms with Gasteiger partial charge in [0.25, 0.3) is 0 Å². The number of rotatable bonds is 4. The van der Waals surface area contributed by atoms with Gasteiger partial charge in [-0.2, -0.15) is 12.6 Å². The summed E-state index contributed by atoms with van der Waals surface area (Å²) in [4.78, 5) is 22.3. The van der Waals surface area contributed by atoms with E-state index in [9.17, 15) is 9.59 Å². The molecule has 0 aliphatic heterocycles. The fourth-order valence-electron chi connectivity index (χ4n) is 1.25. The molecular weight excluding hydrogens is 200 g/mol. The summed E-state index contributed by atoms with van der Waals surface area (Å²) in [6.45, 7) is 3.47. The van der Waals surface area contributed by atoms with Crippen molar-refractivity contribution in [1.82, 2.24) is 10.6 Å². The fraction of sp³-hybridized carbons (Fsp3) is 0.778. The first-order valence-electron chi connectivity index (χ1n) is 4.73. The van der Waals surface area contributed by atoms with E-state index in [1.165, 1.54) is 6.92 Å². The zero-order chi connectivity index (χ0) is 10.7. The molecule has 0 heterocycles. The smallest absolute Gasteiger partial charge is 0.243 e. The van der Waals surface area contributed by atoms with Gasteiger partial charge in [0.1, 0.15) is 6.04 Å². The third-order valence-electron chi connectivity index (χ3n) is 2.31. The molecule has 0 bridgehead atoms. The lowest BCUT2D eigenvalue weighted by Gasteiger charge is -2.14. The van der Waals surface area contributed by atoms with Crippen molar-refractivity contribution >= 4 is 24.4 Å². The maximum Gasteiger partial charge on any atom is 0.243 e. The van der Waals surface area contributed by atoms with Crippen molar-refractivity contribution in [2.24, 2.45) is 5.92 Å². The molecule has 5 heteroatoms. The number of nitrogens with one attached hydrogen (secondary N) is 2. The molecule has 0 spiro atoms. The summed E-state index contributed by atoms with van der Waals surface area (Å²) in [5.74, 6) is 0.552. The Labute approximate surface area is 89.2 Å². The van der Waals surface area contributed by atoms with Gasteiger partial charge in [-0.3, -0.25) is 9.59 Å². The first kappa shape index (κ1) is 11.4. The first-order chi connectivity index (χ1) is 6.54. The summed E-state index contributed by atoms with van der Waals surface area (Å²) in [5, 5.41) is 5.41. The minimum absolute atomic E-state index is 0.135. The summed E-state index contributed by atoms with van der Waals surface area (Å²) in [6, 6.07) is -0.220. The van der Waals surface area contributed by atoms with E-state index in [-0.39, 0.29) is 11.8 Å². The normalized spacial score (nSPS) is 26.5. The average molecular weight is 216 g/mol. The predicted molar refractivity (Wildman–Crippen MR) is 57.2 cm³/mol. The molecule has 2 amide bonds. The molecule has 0 saturated heterocycles. The Morgan fingerprint density at radius 3 is 2.50 bits per heavy atom. The van der Waals surface area contributed by atoms with Gasteiger partial charge in [0, 0.05) is 18.7 Å². The van der Waals surface area contributed by atoms with E-state index in [0.717, 1.165) is 6.42 Å². The molecule has 1 saturated carbocycles. The summed E-state index contributed by atoms with van der Waals surface area (Å²) >= 11 is 4.02. The Kier molecular flexibility index (Phi) is 3.80. The topological polar surface area (TPSA) is 58.2 Å². The van der Waals surface area contributed by atoms with Gasteiger partial charge < -0.3 is 10.6 Å². The highest BCUT2D eigenvalue weighted by Gasteiger charge is 2.35. The summed E-state index contributed by atoms with van der Waals surface area (Å²) in [6.07, 6.45) is 1.03. The van der Waals surface area contributed by atoms with E-state index in [2.05, 4.69) is 30.2 Å². The van der Waals surface area contributed by atoms with Crippen LogP contribution in [0.15, 0.2) is 0 Å². The van der Waals surface area contributed by atoms with Crippen LogP contribution in [-0.4, -0.2) is 29.7 Å². The maximum atomic E-state index is 11.5. The third kappa shape index (κ3) is 3.21. The monoisotopic (exact) mass is 216 g/mol. The lowest BCUT2D eigenvalue weighted by atomic mass is 10.3. The molecule has 0 aromatic rings. The van der Waals surface area contributed by atoms with Crippen LogP contribution < -0.4 is 10.6 Å². The van der Waals surface area contributed by atoms with Gasteiger partial charge in [0.05, 0.1) is 0 Å². The van der Waals surface area contributed by atoms with Crippen LogP contribution in [0.2, 0.25) is 0 Å². The van der Waals surface area contributed by atoms with Crippen molar-refractivity contribution in [2.75, 3.05) is 5.75 Å². The number of thiol groups is 1. The van der Waals surface area contributed by atoms with Crippen LogP contribution in [0.4, 0.5) is 0 Å². The van der Waals surface area contributed by atoms with E-state index in [4.69, 9.17) is 0 Å². The van der Waals surface area contributed by atoms with Gasteiger partial charge in [-0.1, -0.05) is 6.92 Å². The van der Waals surface area contributed by atoms with Crippen LogP contribution in [0.25, 0.3) is 0 Å². The second kappa shape index (κ2) is 4.68. The second-order valence-electron chi connectivity index (χ2n) is 3.76. The van der Waals surface area contributed by atoms with Gasteiger partial charge in [-0.05, 0) is 12.3 Å². The molecule has 3 atom stereocenters. The van der Waals surface area contributed by atoms with Crippen molar-refractivity contribution in [3.05, 3.63) is 0 Å². The van der Waals surface area contributed by atoms with E-state index < -0.39 is 6.04 Å². The molecule has 4 nitrogen and oxygen atoms in total. The number of carbonyl (C=O) groups excluding carboxylic acids is 2. The average Bonchev–Trinajstić information content (AvgIpc) is 2.77. The van der Waals surface area contributed by atoms with E-state index >= 15 is 0 Å². The molecule has 80 valence electrons. The van der Waals surface area contributed by atoms with Crippen LogP contribution in [0.1, 0.15) is 20.3 Å². The van der Waals surface area contributed by atoms with Gasteiger partial charge in [0.2, 0.25) is 11.8 Å². The Morgan fingerprint density at radius 1 is 1.57 bits per heavy atom. The quantitative estimate of drug-likeness (QED) is 0.577. The molecule has 3 unspecified atom stereocenters. The minimum atomic E-state index is -0.511. The van der Waals surface area contributed by atoms with Crippen LogP contribution in [0.3, 0.4) is 0 Å². The van der Waals surface area contributed by atoms with Crippen LogP contribution in [0, 0.1) is 5.92 Å². The fourth-order valence-corrected chi connectivity index (χ4v) is 1.50. The molecule has 1 aliphatic carbocycles. The molecule has 1 aliphatic rings. The lowest BCUT2D eigenvalue weighted by molar-refractivity contribution is -0.127. The van der Waals surface area contributed by atoms with E-state index in [1.54, 1.807) is 0 Å². The van der Waals surface area contributed by atoms with E-state index in [1.807, 2.05) is 0 Å². The van der Waals surface area contributed by atoms with Crippen LogP contribution in [-0.2, 0) is 9.59 Å². The molecule has 0 aromatic heterocycles. The van der Waals surface area contributed by atoms with Crippen molar-refractivity contribution in [1.29, 1.82) is 0 Å². The van der Waals surface area contributed by atoms with Crippen LogP contribution >= 0.6 is 12.6 Å². The van der Waals surface area contributed by atoms with Crippen molar-refractivity contribution in [3.63, 3.8) is 0 Å². The molecule has 1 rings (SSSR count). The Bertz CT molecular complexity index is 245. The molecule has 14 heavy (non-hydrogen) atoms. The highest BCUT2D eigenvalue weighted by atomic mass is 32.1. The standard InChI is InChI=1S/C9H16N2O2S/c1-5-3-7(5)11-9(13)8(4-14)10-6(2)12/h5,7-8,14H,3-4H2,1-2H3,(H,10,12)(H,11,13).